The Morgan fingerprint density at radius 2 is 2.28 bits per heavy atom. The van der Waals surface area contributed by atoms with Gasteiger partial charge < -0.3 is 15.1 Å². The number of anilines is 1. The highest BCUT2D eigenvalue weighted by atomic mass is 16.6. The zero-order valence-electron chi connectivity index (χ0n) is 10.1. The summed E-state index contributed by atoms with van der Waals surface area (Å²) in [7, 11) is 1.54. The average molecular weight is 249 g/mol. The van der Waals surface area contributed by atoms with Crippen molar-refractivity contribution in [2.75, 3.05) is 25.1 Å². The van der Waals surface area contributed by atoms with Gasteiger partial charge in [-0.05, 0) is 17.7 Å². The van der Waals surface area contributed by atoms with Gasteiger partial charge in [-0.2, -0.15) is 5.48 Å². The quantitative estimate of drug-likeness (QED) is 0.572. The maximum absolute atomic E-state index is 11.7. The Kier molecular flexibility index (Phi) is 3.91. The van der Waals surface area contributed by atoms with E-state index in [0.717, 1.165) is 11.3 Å². The van der Waals surface area contributed by atoms with Gasteiger partial charge in [0.25, 0.3) is 0 Å². The minimum Gasteiger partial charge on any atom is -0.346 e. The molecule has 0 aliphatic carbocycles. The van der Waals surface area contributed by atoms with Gasteiger partial charge in [0.2, 0.25) is 0 Å². The number of nitrogens with one attached hydrogen (secondary N) is 2. The van der Waals surface area contributed by atoms with Crippen molar-refractivity contribution in [1.82, 2.24) is 10.8 Å². The molecule has 1 saturated heterocycles. The van der Waals surface area contributed by atoms with Crippen molar-refractivity contribution in [1.29, 1.82) is 0 Å². The van der Waals surface area contributed by atoms with Gasteiger partial charge in [-0.25, -0.2) is 0 Å². The lowest BCUT2D eigenvalue weighted by molar-refractivity contribution is -0.138. The van der Waals surface area contributed by atoms with E-state index in [-0.39, 0.29) is 0 Å². The first-order chi connectivity index (χ1) is 8.72. The minimum absolute atomic E-state index is 0.477. The number of hydrogen-bond donors (Lipinski definition) is 2. The smallest absolute Gasteiger partial charge is 0.316 e. The van der Waals surface area contributed by atoms with Gasteiger partial charge in [0.1, 0.15) is 0 Å². The minimum atomic E-state index is -0.554. The van der Waals surface area contributed by atoms with Crippen LogP contribution >= 0.6 is 0 Å². The van der Waals surface area contributed by atoms with Crippen molar-refractivity contribution in [3.8, 4) is 0 Å². The van der Waals surface area contributed by atoms with Crippen LogP contribution in [0.3, 0.4) is 0 Å². The monoisotopic (exact) mass is 249 g/mol. The molecular weight excluding hydrogens is 234 g/mol. The fourth-order valence-corrected chi connectivity index (χ4v) is 1.82. The molecule has 2 N–H and O–H groups in total. The molecule has 6 heteroatoms. The molecule has 0 spiro atoms. The summed E-state index contributed by atoms with van der Waals surface area (Å²) in [5.41, 5.74) is 4.44. The summed E-state index contributed by atoms with van der Waals surface area (Å²) in [5.74, 6) is -1.07. The van der Waals surface area contributed by atoms with Crippen LogP contribution in [0.4, 0.5) is 5.69 Å². The number of carbonyl (C=O) groups is 2. The molecule has 0 saturated carbocycles. The molecule has 96 valence electrons. The highest BCUT2D eigenvalue weighted by Crippen LogP contribution is 2.17. The largest absolute Gasteiger partial charge is 0.346 e. The second-order valence-corrected chi connectivity index (χ2v) is 3.91. The van der Waals surface area contributed by atoms with E-state index in [2.05, 4.69) is 10.8 Å². The zero-order chi connectivity index (χ0) is 13.0. The van der Waals surface area contributed by atoms with Gasteiger partial charge in [0, 0.05) is 25.3 Å². The summed E-state index contributed by atoms with van der Waals surface area (Å²) in [6.07, 6.45) is 0. The third-order valence-corrected chi connectivity index (χ3v) is 2.70. The number of benzene rings is 1. The molecule has 0 atom stereocenters. The fraction of sp³-hybridized carbons (Fsp3) is 0.333. The third kappa shape index (κ3) is 2.66. The molecular formula is C12H15N3O3. The number of amides is 2. The van der Waals surface area contributed by atoms with Crippen molar-refractivity contribution >= 4 is 17.5 Å². The maximum Gasteiger partial charge on any atom is 0.316 e. The first kappa shape index (κ1) is 12.5. The third-order valence-electron chi connectivity index (χ3n) is 2.70. The standard InChI is InChI=1S/C12H15N3O3/c1-18-14-8-9-3-2-4-10(7-9)15-6-5-13-11(16)12(15)17/h2-4,7,14H,5-6,8H2,1H3,(H,13,16). The van der Waals surface area contributed by atoms with Crippen LogP contribution < -0.4 is 15.7 Å². The second kappa shape index (κ2) is 5.61. The number of carbonyl (C=O) groups excluding carboxylic acids is 2. The molecule has 0 aromatic heterocycles. The molecule has 0 radical (unpaired) electrons. The molecule has 0 bridgehead atoms. The van der Waals surface area contributed by atoms with Gasteiger partial charge in [0.15, 0.2) is 0 Å². The van der Waals surface area contributed by atoms with Crippen molar-refractivity contribution in [3.05, 3.63) is 29.8 Å². The summed E-state index contributed by atoms with van der Waals surface area (Å²) in [6, 6.07) is 7.45. The molecule has 1 aliphatic rings. The van der Waals surface area contributed by atoms with E-state index < -0.39 is 11.8 Å². The maximum atomic E-state index is 11.7. The average Bonchev–Trinajstić information content (AvgIpc) is 2.40. The van der Waals surface area contributed by atoms with Crippen molar-refractivity contribution in [2.45, 2.75) is 6.54 Å². The first-order valence-corrected chi connectivity index (χ1v) is 5.67. The van der Waals surface area contributed by atoms with Gasteiger partial charge in [-0.15, -0.1) is 0 Å². The van der Waals surface area contributed by atoms with E-state index in [1.165, 1.54) is 4.90 Å². The van der Waals surface area contributed by atoms with Gasteiger partial charge in [-0.3, -0.25) is 9.59 Å². The Labute approximate surface area is 105 Å². The highest BCUT2D eigenvalue weighted by molar-refractivity contribution is 6.41. The molecule has 2 amide bonds. The normalized spacial score (nSPS) is 15.7. The lowest BCUT2D eigenvalue weighted by Gasteiger charge is -2.26. The van der Waals surface area contributed by atoms with Crippen molar-refractivity contribution in [2.24, 2.45) is 0 Å². The molecule has 18 heavy (non-hydrogen) atoms. The zero-order valence-corrected chi connectivity index (χ0v) is 10.1. The Bertz CT molecular complexity index is 462. The molecule has 1 aromatic carbocycles. The first-order valence-electron chi connectivity index (χ1n) is 5.67. The van der Waals surface area contributed by atoms with E-state index in [4.69, 9.17) is 4.84 Å². The van der Waals surface area contributed by atoms with Crippen LogP contribution in [0.1, 0.15) is 5.56 Å². The lowest BCUT2D eigenvalue weighted by Crippen LogP contribution is -2.52. The van der Waals surface area contributed by atoms with E-state index in [1.807, 2.05) is 24.3 Å². The van der Waals surface area contributed by atoms with E-state index in [9.17, 15) is 9.59 Å². The summed E-state index contributed by atoms with van der Waals surface area (Å²) in [5, 5.41) is 2.52. The molecule has 0 unspecified atom stereocenters. The predicted molar refractivity (Wildman–Crippen MR) is 65.7 cm³/mol. The van der Waals surface area contributed by atoms with E-state index >= 15 is 0 Å². The Balaban J connectivity index is 2.16. The van der Waals surface area contributed by atoms with Crippen molar-refractivity contribution in [3.63, 3.8) is 0 Å². The number of hydroxylamine groups is 1. The second-order valence-electron chi connectivity index (χ2n) is 3.91. The SMILES string of the molecule is CONCc1cccc(N2CCNC(=O)C2=O)c1. The van der Waals surface area contributed by atoms with Crippen LogP contribution in [0.2, 0.25) is 0 Å². The molecule has 1 aliphatic heterocycles. The van der Waals surface area contributed by atoms with E-state index in [0.29, 0.717) is 19.6 Å². The van der Waals surface area contributed by atoms with Gasteiger partial charge in [0.05, 0.1) is 7.11 Å². The number of nitrogens with zero attached hydrogens (tertiary/aromatic N) is 1. The van der Waals surface area contributed by atoms with Crippen LogP contribution in [-0.2, 0) is 21.0 Å². The van der Waals surface area contributed by atoms with Crippen LogP contribution in [0, 0.1) is 0 Å². The van der Waals surface area contributed by atoms with Crippen molar-refractivity contribution < 1.29 is 14.4 Å². The van der Waals surface area contributed by atoms with Crippen LogP contribution in [0.25, 0.3) is 0 Å². The van der Waals surface area contributed by atoms with Gasteiger partial charge in [-0.1, -0.05) is 12.1 Å². The highest BCUT2D eigenvalue weighted by Gasteiger charge is 2.27. The van der Waals surface area contributed by atoms with Gasteiger partial charge >= 0.3 is 11.8 Å². The lowest BCUT2D eigenvalue weighted by atomic mass is 10.1. The fourth-order valence-electron chi connectivity index (χ4n) is 1.82. The Hall–Kier alpha value is -1.92. The Morgan fingerprint density at radius 1 is 1.44 bits per heavy atom. The number of piperazine rings is 1. The summed E-state index contributed by atoms with van der Waals surface area (Å²) in [4.78, 5) is 29.3. The van der Waals surface area contributed by atoms with Crippen LogP contribution in [0.15, 0.2) is 24.3 Å². The summed E-state index contributed by atoms with van der Waals surface area (Å²) in [6.45, 7) is 1.51. The van der Waals surface area contributed by atoms with Crippen LogP contribution in [0.5, 0.6) is 0 Å². The van der Waals surface area contributed by atoms with Crippen LogP contribution in [-0.4, -0.2) is 32.0 Å². The summed E-state index contributed by atoms with van der Waals surface area (Å²) < 4.78 is 0. The molecule has 6 nitrogen and oxygen atoms in total. The molecule has 1 fully saturated rings. The molecule has 1 heterocycles. The topological polar surface area (TPSA) is 70.7 Å². The predicted octanol–water partition coefficient (Wildman–Crippen LogP) is -0.200. The number of rotatable bonds is 4. The van der Waals surface area contributed by atoms with E-state index in [1.54, 1.807) is 7.11 Å². The number of hydrogen-bond acceptors (Lipinski definition) is 4. The molecule has 1 aromatic rings. The summed E-state index contributed by atoms with van der Waals surface area (Å²) >= 11 is 0. The molecule has 2 rings (SSSR count). The Morgan fingerprint density at radius 3 is 3.06 bits per heavy atom.